The Kier molecular flexibility index (Phi) is 6.53. The zero-order chi connectivity index (χ0) is 20.9. The van der Waals surface area contributed by atoms with Gasteiger partial charge in [-0.2, -0.15) is 0 Å². The summed E-state index contributed by atoms with van der Waals surface area (Å²) in [4.78, 5) is 17.4. The summed E-state index contributed by atoms with van der Waals surface area (Å²) >= 11 is 0. The highest BCUT2D eigenvalue weighted by Gasteiger charge is 2.25. The van der Waals surface area contributed by atoms with E-state index in [0.29, 0.717) is 0 Å². The molecule has 0 N–H and O–H groups in total. The number of piperidine rings is 1. The monoisotopic (exact) mass is 412 g/mol. The Morgan fingerprint density at radius 3 is 2.47 bits per heavy atom. The van der Waals surface area contributed by atoms with Crippen LogP contribution in [0.1, 0.15) is 35.2 Å². The smallest absolute Gasteiger partial charge is 0.254 e. The van der Waals surface area contributed by atoms with Crippen LogP contribution in [0.4, 0.5) is 4.39 Å². The summed E-state index contributed by atoms with van der Waals surface area (Å²) in [7, 11) is 1.65. The molecule has 160 valence electrons. The lowest BCUT2D eigenvalue weighted by Crippen LogP contribution is -2.43. The number of hydrogen-bond donors (Lipinski definition) is 0. The van der Waals surface area contributed by atoms with Crippen molar-refractivity contribution in [1.29, 1.82) is 0 Å². The predicted octanol–water partition coefficient (Wildman–Crippen LogP) is 3.77. The Balaban J connectivity index is 1.27. The number of carbonyl (C=O) groups is 1. The van der Waals surface area contributed by atoms with Crippen molar-refractivity contribution in [2.45, 2.75) is 31.8 Å². The Hall–Kier alpha value is -2.60. The van der Waals surface area contributed by atoms with Crippen molar-refractivity contribution in [3.8, 4) is 11.5 Å². The van der Waals surface area contributed by atoms with Gasteiger partial charge in [0.2, 0.25) is 0 Å². The molecule has 0 aromatic heterocycles. The fourth-order valence-electron chi connectivity index (χ4n) is 4.28. The van der Waals surface area contributed by atoms with Crippen LogP contribution in [0.25, 0.3) is 0 Å². The second-order valence-electron chi connectivity index (χ2n) is 8.03. The van der Waals surface area contributed by atoms with E-state index in [2.05, 4.69) is 4.90 Å². The summed E-state index contributed by atoms with van der Waals surface area (Å²) in [5, 5.41) is 0. The average molecular weight is 413 g/mol. The number of likely N-dealkylation sites (tertiary alicyclic amines) is 1. The van der Waals surface area contributed by atoms with Crippen molar-refractivity contribution in [3.05, 3.63) is 59.4 Å². The predicted molar refractivity (Wildman–Crippen MR) is 114 cm³/mol. The van der Waals surface area contributed by atoms with Gasteiger partial charge in [-0.25, -0.2) is 4.39 Å². The van der Waals surface area contributed by atoms with Crippen LogP contribution < -0.4 is 9.47 Å². The molecule has 2 aromatic carbocycles. The molecule has 0 spiro atoms. The minimum absolute atomic E-state index is 0.125. The maximum atomic E-state index is 13.0. The number of ether oxygens (including phenoxy) is 2. The van der Waals surface area contributed by atoms with Gasteiger partial charge in [0.05, 0.1) is 7.11 Å². The summed E-state index contributed by atoms with van der Waals surface area (Å²) in [6.45, 7) is 4.30. The van der Waals surface area contributed by atoms with E-state index in [0.717, 1.165) is 81.0 Å². The molecular formula is C24H29FN2O3. The van der Waals surface area contributed by atoms with Crippen molar-refractivity contribution < 1.29 is 18.7 Å². The number of halogens is 1. The van der Waals surface area contributed by atoms with Crippen molar-refractivity contribution in [2.75, 3.05) is 39.8 Å². The standard InChI is InChI=1S/C24H29FN2O3/c1-29-22-8-9-23-18(17-22)3-2-12-27(24(23)28)16-15-26-13-10-21(11-14-26)30-20-6-4-19(25)5-7-20/h4-9,17,21H,2-3,10-16H2,1H3. The van der Waals surface area contributed by atoms with Gasteiger partial charge in [0.1, 0.15) is 23.4 Å². The van der Waals surface area contributed by atoms with Crippen molar-refractivity contribution in [2.24, 2.45) is 0 Å². The molecule has 2 heterocycles. The first-order chi connectivity index (χ1) is 14.6. The molecule has 5 nitrogen and oxygen atoms in total. The number of carbonyl (C=O) groups excluding carboxylic acids is 1. The Morgan fingerprint density at radius 1 is 1.00 bits per heavy atom. The van der Waals surface area contributed by atoms with E-state index in [4.69, 9.17) is 9.47 Å². The average Bonchev–Trinajstić information content (AvgIpc) is 2.93. The van der Waals surface area contributed by atoms with Crippen LogP contribution in [0.5, 0.6) is 11.5 Å². The number of aryl methyl sites for hydroxylation is 1. The van der Waals surface area contributed by atoms with Crippen LogP contribution in [0.15, 0.2) is 42.5 Å². The highest BCUT2D eigenvalue weighted by molar-refractivity contribution is 5.96. The van der Waals surface area contributed by atoms with Crippen LogP contribution in [0.3, 0.4) is 0 Å². The summed E-state index contributed by atoms with van der Waals surface area (Å²) in [5.41, 5.74) is 1.89. The van der Waals surface area contributed by atoms with Crippen LogP contribution in [-0.2, 0) is 6.42 Å². The van der Waals surface area contributed by atoms with Gasteiger partial charge in [-0.15, -0.1) is 0 Å². The summed E-state index contributed by atoms with van der Waals surface area (Å²) < 4.78 is 24.3. The first kappa shape index (κ1) is 20.7. The number of fused-ring (bicyclic) bond motifs is 1. The molecule has 0 atom stereocenters. The number of methoxy groups -OCH3 is 1. The summed E-state index contributed by atoms with van der Waals surface area (Å²) in [6.07, 6.45) is 3.91. The van der Waals surface area contributed by atoms with Gasteiger partial charge in [0.25, 0.3) is 5.91 Å². The molecule has 0 aliphatic carbocycles. The molecule has 2 aliphatic heterocycles. The maximum absolute atomic E-state index is 13.0. The molecule has 1 amide bonds. The Bertz CT molecular complexity index is 863. The van der Waals surface area contributed by atoms with Gasteiger partial charge in [-0.05, 0) is 73.7 Å². The zero-order valence-electron chi connectivity index (χ0n) is 17.5. The van der Waals surface area contributed by atoms with Gasteiger partial charge in [0, 0.05) is 38.3 Å². The molecule has 0 saturated carbocycles. The molecule has 4 rings (SSSR count). The van der Waals surface area contributed by atoms with Gasteiger partial charge in [0.15, 0.2) is 0 Å². The second kappa shape index (κ2) is 9.47. The number of amides is 1. The first-order valence-corrected chi connectivity index (χ1v) is 10.7. The van der Waals surface area contributed by atoms with Gasteiger partial charge >= 0.3 is 0 Å². The molecule has 0 bridgehead atoms. The largest absolute Gasteiger partial charge is 0.497 e. The fraction of sp³-hybridized carbons (Fsp3) is 0.458. The van der Waals surface area contributed by atoms with Crippen LogP contribution in [0, 0.1) is 5.82 Å². The molecule has 2 aromatic rings. The SMILES string of the molecule is COc1ccc2c(c1)CCCN(CCN1CCC(Oc3ccc(F)cc3)CC1)C2=O. The summed E-state index contributed by atoms with van der Waals surface area (Å²) in [6, 6.07) is 12.0. The van der Waals surface area contributed by atoms with E-state index in [1.54, 1.807) is 19.2 Å². The number of benzene rings is 2. The third-order valence-corrected chi connectivity index (χ3v) is 6.04. The van der Waals surface area contributed by atoms with Crippen LogP contribution in [0.2, 0.25) is 0 Å². The minimum atomic E-state index is -0.248. The quantitative estimate of drug-likeness (QED) is 0.725. The molecule has 6 heteroatoms. The number of rotatable bonds is 6. The van der Waals surface area contributed by atoms with Gasteiger partial charge < -0.3 is 19.3 Å². The topological polar surface area (TPSA) is 42.0 Å². The molecule has 2 aliphatic rings. The van der Waals surface area contributed by atoms with Crippen molar-refractivity contribution in [1.82, 2.24) is 9.80 Å². The van der Waals surface area contributed by atoms with E-state index in [1.807, 2.05) is 23.1 Å². The lowest BCUT2D eigenvalue weighted by molar-refractivity contribution is 0.0687. The highest BCUT2D eigenvalue weighted by Crippen LogP contribution is 2.24. The maximum Gasteiger partial charge on any atom is 0.254 e. The van der Waals surface area contributed by atoms with E-state index < -0.39 is 0 Å². The van der Waals surface area contributed by atoms with E-state index in [1.165, 1.54) is 12.1 Å². The summed E-state index contributed by atoms with van der Waals surface area (Å²) in [5.74, 6) is 1.41. The molecule has 30 heavy (non-hydrogen) atoms. The molecule has 0 radical (unpaired) electrons. The number of nitrogens with zero attached hydrogens (tertiary/aromatic N) is 2. The molecule has 1 saturated heterocycles. The van der Waals surface area contributed by atoms with Crippen LogP contribution in [-0.4, -0.2) is 61.6 Å². The van der Waals surface area contributed by atoms with Gasteiger partial charge in [-0.3, -0.25) is 4.79 Å². The fourth-order valence-corrected chi connectivity index (χ4v) is 4.28. The zero-order valence-corrected chi connectivity index (χ0v) is 17.5. The van der Waals surface area contributed by atoms with Crippen LogP contribution >= 0.6 is 0 Å². The van der Waals surface area contributed by atoms with E-state index in [9.17, 15) is 9.18 Å². The normalized spacial score (nSPS) is 18.1. The van der Waals surface area contributed by atoms with Gasteiger partial charge in [-0.1, -0.05) is 0 Å². The van der Waals surface area contributed by atoms with Crippen molar-refractivity contribution in [3.63, 3.8) is 0 Å². The molecule has 1 fully saturated rings. The first-order valence-electron chi connectivity index (χ1n) is 10.7. The van der Waals surface area contributed by atoms with Crippen molar-refractivity contribution >= 4 is 5.91 Å². The third-order valence-electron chi connectivity index (χ3n) is 6.04. The second-order valence-corrected chi connectivity index (χ2v) is 8.03. The third kappa shape index (κ3) is 4.93. The lowest BCUT2D eigenvalue weighted by Gasteiger charge is -2.33. The Labute approximate surface area is 177 Å². The van der Waals surface area contributed by atoms with E-state index >= 15 is 0 Å². The number of hydrogen-bond acceptors (Lipinski definition) is 4. The highest BCUT2D eigenvalue weighted by atomic mass is 19.1. The molecular weight excluding hydrogens is 383 g/mol. The molecule has 0 unspecified atom stereocenters. The van der Waals surface area contributed by atoms with E-state index in [-0.39, 0.29) is 17.8 Å². The minimum Gasteiger partial charge on any atom is -0.497 e. The Morgan fingerprint density at radius 2 is 1.73 bits per heavy atom. The lowest BCUT2D eigenvalue weighted by atomic mass is 10.0.